The van der Waals surface area contributed by atoms with E-state index >= 15 is 0 Å². The molecule has 1 heterocycles. The third-order valence-corrected chi connectivity index (χ3v) is 8.22. The Labute approximate surface area is 232 Å². The number of rotatable bonds is 26. The summed E-state index contributed by atoms with van der Waals surface area (Å²) in [5, 5.41) is 24.6. The van der Waals surface area contributed by atoms with Gasteiger partial charge < -0.3 is 19.9 Å². The predicted octanol–water partition coefficient (Wildman–Crippen LogP) is 8.17. The molecule has 0 aliphatic carbocycles. The average Bonchev–Trinajstić information content (AvgIpc) is 3.41. The lowest BCUT2D eigenvalue weighted by Gasteiger charge is -2.27. The van der Waals surface area contributed by atoms with E-state index < -0.39 is 18.2 Å². The van der Waals surface area contributed by atoms with Crippen molar-refractivity contribution in [1.29, 1.82) is 0 Å². The van der Waals surface area contributed by atoms with Crippen LogP contribution in [0.3, 0.4) is 0 Å². The number of hydrogen-bond acceptors (Lipinski definition) is 5. The van der Waals surface area contributed by atoms with Crippen LogP contribution in [0.5, 0.6) is 0 Å². The van der Waals surface area contributed by atoms with Crippen molar-refractivity contribution in [3.8, 4) is 0 Å². The molecule has 5 nitrogen and oxygen atoms in total. The smallest absolute Gasteiger partial charge is 0.220 e. The zero-order valence-electron chi connectivity index (χ0n) is 23.9. The van der Waals surface area contributed by atoms with E-state index in [9.17, 15) is 15.0 Å². The summed E-state index contributed by atoms with van der Waals surface area (Å²) in [5.41, 5.74) is 0. The molecule has 0 unspecified atom stereocenters. The van der Waals surface area contributed by atoms with Crippen LogP contribution < -0.4 is 5.32 Å². The van der Waals surface area contributed by atoms with Crippen molar-refractivity contribution in [1.82, 2.24) is 5.32 Å². The van der Waals surface area contributed by atoms with E-state index in [0.717, 1.165) is 37.9 Å². The Balaban J connectivity index is 2.29. The number of hydrogen-bond donors (Lipinski definition) is 3. The molecule has 37 heavy (non-hydrogen) atoms. The minimum atomic E-state index is -0.958. The van der Waals surface area contributed by atoms with E-state index in [2.05, 4.69) is 19.2 Å². The maximum atomic E-state index is 12.5. The van der Waals surface area contributed by atoms with Gasteiger partial charge in [0, 0.05) is 12.2 Å². The summed E-state index contributed by atoms with van der Waals surface area (Å²) in [5.74, 6) is 2.06. The van der Waals surface area contributed by atoms with Crippen LogP contribution in [0.2, 0.25) is 0 Å². The van der Waals surface area contributed by atoms with E-state index in [4.69, 9.17) is 4.42 Å². The molecule has 3 N–H and O–H groups in total. The summed E-state index contributed by atoms with van der Waals surface area (Å²) in [6, 6.07) is 3.33. The Morgan fingerprint density at radius 2 is 1.38 bits per heavy atom. The number of carbonyl (C=O) groups is 1. The van der Waals surface area contributed by atoms with Gasteiger partial charge in [-0.25, -0.2) is 0 Å². The standard InChI is InChI=1S/C31H57NO4S/c1-3-5-7-9-10-11-12-13-14-15-17-18-22-29(33)31(35)28(26-37-25-27-21-20-24-36-27)32-30(34)23-19-16-8-6-4-2/h20-21,24,28-29,31,33,35H,3-19,22-23,25-26H2,1-2H3,(H,32,34)/t28-,29+,31-/m0/s1. The Morgan fingerprint density at radius 1 is 0.838 bits per heavy atom. The van der Waals surface area contributed by atoms with Crippen LogP contribution in [0.1, 0.15) is 142 Å². The lowest BCUT2D eigenvalue weighted by atomic mass is 9.99. The first kappa shape index (κ1) is 34.0. The van der Waals surface area contributed by atoms with Crippen molar-refractivity contribution >= 4 is 17.7 Å². The number of aliphatic hydroxyl groups excluding tert-OH is 2. The molecule has 1 rings (SSSR count). The second kappa shape index (κ2) is 24.1. The molecule has 0 spiro atoms. The van der Waals surface area contributed by atoms with Crippen LogP contribution in [0.15, 0.2) is 22.8 Å². The van der Waals surface area contributed by atoms with Gasteiger partial charge in [-0.15, -0.1) is 0 Å². The van der Waals surface area contributed by atoms with Crippen LogP contribution in [0, 0.1) is 0 Å². The molecule has 0 aromatic carbocycles. The normalized spacial score (nSPS) is 13.9. The highest BCUT2D eigenvalue weighted by molar-refractivity contribution is 7.98. The lowest BCUT2D eigenvalue weighted by molar-refractivity contribution is -0.123. The first-order valence-electron chi connectivity index (χ1n) is 15.3. The van der Waals surface area contributed by atoms with Gasteiger partial charge in [-0.05, 0) is 25.0 Å². The first-order valence-corrected chi connectivity index (χ1v) is 16.5. The minimum absolute atomic E-state index is 0.0308. The fraction of sp³-hybridized carbons (Fsp3) is 0.839. The van der Waals surface area contributed by atoms with Crippen molar-refractivity contribution in [3.05, 3.63) is 24.2 Å². The van der Waals surface area contributed by atoms with Gasteiger partial charge in [-0.2, -0.15) is 11.8 Å². The molecular weight excluding hydrogens is 482 g/mol. The number of unbranched alkanes of at least 4 members (excludes halogenated alkanes) is 15. The van der Waals surface area contributed by atoms with E-state index in [0.29, 0.717) is 24.3 Å². The van der Waals surface area contributed by atoms with Gasteiger partial charge in [0.2, 0.25) is 5.91 Å². The maximum Gasteiger partial charge on any atom is 0.220 e. The summed E-state index contributed by atoms with van der Waals surface area (Å²) < 4.78 is 5.40. The van der Waals surface area contributed by atoms with E-state index in [1.165, 1.54) is 77.0 Å². The van der Waals surface area contributed by atoms with Crippen LogP contribution in [0.25, 0.3) is 0 Å². The topological polar surface area (TPSA) is 82.7 Å². The van der Waals surface area contributed by atoms with Crippen LogP contribution in [0.4, 0.5) is 0 Å². The fourth-order valence-electron chi connectivity index (χ4n) is 4.71. The summed E-state index contributed by atoms with van der Waals surface area (Å²) >= 11 is 1.61. The Hall–Kier alpha value is -0.980. The number of furan rings is 1. The van der Waals surface area contributed by atoms with Crippen molar-refractivity contribution in [2.24, 2.45) is 0 Å². The largest absolute Gasteiger partial charge is 0.468 e. The zero-order chi connectivity index (χ0) is 27.0. The molecular formula is C31H57NO4S. The number of aliphatic hydroxyl groups is 2. The fourth-order valence-corrected chi connectivity index (χ4v) is 5.73. The lowest BCUT2D eigenvalue weighted by Crippen LogP contribution is -2.50. The quantitative estimate of drug-likeness (QED) is 0.103. The zero-order valence-corrected chi connectivity index (χ0v) is 24.7. The van der Waals surface area contributed by atoms with Gasteiger partial charge in [0.15, 0.2) is 0 Å². The Morgan fingerprint density at radius 3 is 1.92 bits per heavy atom. The van der Waals surface area contributed by atoms with Crippen molar-refractivity contribution in [2.45, 2.75) is 160 Å². The number of amides is 1. The predicted molar refractivity (Wildman–Crippen MR) is 158 cm³/mol. The first-order chi connectivity index (χ1) is 18.1. The van der Waals surface area contributed by atoms with Crippen LogP contribution in [-0.2, 0) is 10.5 Å². The number of thioether (sulfide) groups is 1. The molecule has 0 saturated carbocycles. The molecule has 1 aromatic heterocycles. The van der Waals surface area contributed by atoms with Gasteiger partial charge in [-0.3, -0.25) is 4.79 Å². The van der Waals surface area contributed by atoms with E-state index in [-0.39, 0.29) is 5.91 Å². The van der Waals surface area contributed by atoms with Crippen LogP contribution in [-0.4, -0.2) is 40.1 Å². The SMILES string of the molecule is CCCCCCCCCCCCCC[C@@H](O)[C@@H](O)[C@H](CSCc1ccco1)NC(=O)CCCCCCC. The van der Waals surface area contributed by atoms with E-state index in [1.54, 1.807) is 18.0 Å². The Bertz CT molecular complexity index is 625. The summed E-state index contributed by atoms with van der Waals surface area (Å²) in [4.78, 5) is 12.5. The van der Waals surface area contributed by atoms with Crippen molar-refractivity contribution in [2.75, 3.05) is 5.75 Å². The van der Waals surface area contributed by atoms with Gasteiger partial charge in [0.05, 0.1) is 24.2 Å². The third kappa shape index (κ3) is 18.8. The van der Waals surface area contributed by atoms with Crippen LogP contribution >= 0.6 is 11.8 Å². The highest BCUT2D eigenvalue weighted by atomic mass is 32.2. The van der Waals surface area contributed by atoms with Gasteiger partial charge >= 0.3 is 0 Å². The molecule has 0 radical (unpaired) electrons. The molecule has 0 aliphatic heterocycles. The van der Waals surface area contributed by atoms with Crippen molar-refractivity contribution in [3.63, 3.8) is 0 Å². The summed E-state index contributed by atoms with van der Waals surface area (Å²) in [6.07, 6.45) is 21.7. The second-order valence-corrected chi connectivity index (χ2v) is 11.7. The molecule has 1 aromatic rings. The second-order valence-electron chi connectivity index (χ2n) is 10.7. The molecule has 1 amide bonds. The average molecular weight is 540 g/mol. The number of carbonyl (C=O) groups excluding carboxylic acids is 1. The molecule has 6 heteroatoms. The molecule has 3 atom stereocenters. The molecule has 0 bridgehead atoms. The number of nitrogens with one attached hydrogen (secondary N) is 1. The summed E-state index contributed by atoms with van der Waals surface area (Å²) in [7, 11) is 0. The Kier molecular flexibility index (Phi) is 22.2. The van der Waals surface area contributed by atoms with Crippen molar-refractivity contribution < 1.29 is 19.4 Å². The highest BCUT2D eigenvalue weighted by Gasteiger charge is 2.27. The molecule has 0 aliphatic rings. The molecule has 216 valence electrons. The monoisotopic (exact) mass is 539 g/mol. The van der Waals surface area contributed by atoms with Gasteiger partial charge in [-0.1, -0.05) is 117 Å². The maximum absolute atomic E-state index is 12.5. The molecule has 0 fully saturated rings. The minimum Gasteiger partial charge on any atom is -0.468 e. The third-order valence-electron chi connectivity index (χ3n) is 7.14. The summed E-state index contributed by atoms with van der Waals surface area (Å²) in [6.45, 7) is 4.44. The van der Waals surface area contributed by atoms with Gasteiger partial charge in [0.25, 0.3) is 0 Å². The molecule has 0 saturated heterocycles. The van der Waals surface area contributed by atoms with Gasteiger partial charge in [0.1, 0.15) is 11.9 Å². The highest BCUT2D eigenvalue weighted by Crippen LogP contribution is 2.19. The van der Waals surface area contributed by atoms with E-state index in [1.807, 2.05) is 12.1 Å².